The van der Waals surface area contributed by atoms with Crippen molar-refractivity contribution in [2.24, 2.45) is 0 Å². The lowest BCUT2D eigenvalue weighted by molar-refractivity contribution is 0.134. The Balaban J connectivity index is 2.39. The fraction of sp³-hybridized carbons (Fsp3) is 0.227. The highest BCUT2D eigenvalue weighted by molar-refractivity contribution is 5.94. The second-order valence-electron chi connectivity index (χ2n) is 6.73. The zero-order valence-electron chi connectivity index (χ0n) is 15.8. The molecular formula is C22H22O5. The van der Waals surface area contributed by atoms with Crippen molar-refractivity contribution in [3.05, 3.63) is 64.3 Å². The molecular weight excluding hydrogens is 344 g/mol. The first-order valence-corrected chi connectivity index (χ1v) is 8.54. The first-order valence-electron chi connectivity index (χ1n) is 8.54. The van der Waals surface area contributed by atoms with Crippen LogP contribution < -0.4 is 14.9 Å². The van der Waals surface area contributed by atoms with Crippen LogP contribution in [0.4, 0.5) is 0 Å². The highest BCUT2D eigenvalue weighted by Crippen LogP contribution is 2.37. The molecule has 0 saturated heterocycles. The van der Waals surface area contributed by atoms with Crippen molar-refractivity contribution in [1.29, 1.82) is 0 Å². The van der Waals surface area contributed by atoms with Crippen LogP contribution in [0.3, 0.4) is 0 Å². The predicted molar refractivity (Wildman–Crippen MR) is 106 cm³/mol. The standard InChI is InChI=1S/C22H22O5/c1-22(2,24)11-10-15-18(25-3)13-19(26-4)20-16(23)12-17(27-21(15)20)14-8-6-5-7-9-14/h5-13,24H,1-4H3/b11-10-. The molecule has 2 aromatic carbocycles. The van der Waals surface area contributed by atoms with Gasteiger partial charge in [0.1, 0.15) is 22.6 Å². The molecule has 0 aliphatic heterocycles. The normalized spacial score (nSPS) is 11.9. The third-order valence-corrected chi connectivity index (χ3v) is 4.12. The van der Waals surface area contributed by atoms with E-state index >= 15 is 0 Å². The van der Waals surface area contributed by atoms with Crippen LogP contribution in [0, 0.1) is 0 Å². The highest BCUT2D eigenvalue weighted by atomic mass is 16.5. The minimum absolute atomic E-state index is 0.215. The Morgan fingerprint density at radius 1 is 1.04 bits per heavy atom. The largest absolute Gasteiger partial charge is 0.496 e. The average molecular weight is 366 g/mol. The fourth-order valence-corrected chi connectivity index (χ4v) is 2.82. The van der Waals surface area contributed by atoms with E-state index in [4.69, 9.17) is 13.9 Å². The van der Waals surface area contributed by atoms with Crippen molar-refractivity contribution in [2.75, 3.05) is 14.2 Å². The second-order valence-corrected chi connectivity index (χ2v) is 6.73. The number of rotatable bonds is 5. The number of hydrogen-bond donors (Lipinski definition) is 1. The molecule has 140 valence electrons. The Labute approximate surface area is 157 Å². The molecule has 1 aromatic heterocycles. The molecule has 0 amide bonds. The van der Waals surface area contributed by atoms with Gasteiger partial charge in [-0.1, -0.05) is 36.4 Å². The van der Waals surface area contributed by atoms with Crippen molar-refractivity contribution in [2.45, 2.75) is 19.4 Å². The van der Waals surface area contributed by atoms with Gasteiger partial charge in [0.05, 0.1) is 25.4 Å². The summed E-state index contributed by atoms with van der Waals surface area (Å²) >= 11 is 0. The fourth-order valence-electron chi connectivity index (χ4n) is 2.82. The van der Waals surface area contributed by atoms with Crippen molar-refractivity contribution in [3.8, 4) is 22.8 Å². The van der Waals surface area contributed by atoms with Crippen LogP contribution in [0.15, 0.2) is 57.8 Å². The van der Waals surface area contributed by atoms with Gasteiger partial charge in [0, 0.05) is 17.7 Å². The summed E-state index contributed by atoms with van der Waals surface area (Å²) in [5, 5.41) is 10.4. The Morgan fingerprint density at radius 3 is 2.30 bits per heavy atom. The lowest BCUT2D eigenvalue weighted by Gasteiger charge is -2.15. The summed E-state index contributed by atoms with van der Waals surface area (Å²) in [5.41, 5.74) is 0.445. The van der Waals surface area contributed by atoms with Gasteiger partial charge in [0.25, 0.3) is 0 Å². The minimum Gasteiger partial charge on any atom is -0.496 e. The van der Waals surface area contributed by atoms with Gasteiger partial charge in [-0.3, -0.25) is 4.79 Å². The number of hydrogen-bond acceptors (Lipinski definition) is 5. The molecule has 5 heteroatoms. The molecule has 0 saturated carbocycles. The minimum atomic E-state index is -1.03. The smallest absolute Gasteiger partial charge is 0.197 e. The second kappa shape index (κ2) is 7.29. The van der Waals surface area contributed by atoms with Crippen LogP contribution in [0.1, 0.15) is 19.4 Å². The Bertz CT molecular complexity index is 1040. The van der Waals surface area contributed by atoms with Crippen molar-refractivity contribution >= 4 is 17.0 Å². The van der Waals surface area contributed by atoms with E-state index in [0.717, 1.165) is 5.56 Å². The third-order valence-electron chi connectivity index (χ3n) is 4.12. The molecule has 0 atom stereocenters. The number of benzene rings is 2. The maximum atomic E-state index is 12.9. The monoisotopic (exact) mass is 366 g/mol. The molecule has 27 heavy (non-hydrogen) atoms. The van der Waals surface area contributed by atoms with E-state index in [1.54, 1.807) is 32.1 Å². The SMILES string of the molecule is COc1cc(OC)c2c(=O)cc(-c3ccccc3)oc2c1/C=C\C(C)(C)O. The number of ether oxygens (including phenoxy) is 2. The number of methoxy groups -OCH3 is 2. The van der Waals surface area contributed by atoms with Crippen LogP contribution in [0.2, 0.25) is 0 Å². The predicted octanol–water partition coefficient (Wildman–Crippen LogP) is 4.26. The molecule has 3 aromatic rings. The van der Waals surface area contributed by atoms with Crippen LogP contribution in [0.25, 0.3) is 28.4 Å². The average Bonchev–Trinajstić information content (AvgIpc) is 2.65. The Morgan fingerprint density at radius 2 is 1.70 bits per heavy atom. The number of aliphatic hydroxyl groups is 1. The van der Waals surface area contributed by atoms with Crippen molar-refractivity contribution in [3.63, 3.8) is 0 Å². The van der Waals surface area contributed by atoms with Crippen molar-refractivity contribution < 1.29 is 19.0 Å². The lowest BCUT2D eigenvalue weighted by atomic mass is 10.0. The summed E-state index contributed by atoms with van der Waals surface area (Å²) in [7, 11) is 3.02. The first kappa shape index (κ1) is 18.7. The lowest BCUT2D eigenvalue weighted by Crippen LogP contribution is -2.13. The van der Waals surface area contributed by atoms with Crippen LogP contribution in [-0.2, 0) is 0 Å². The van der Waals surface area contributed by atoms with Crippen molar-refractivity contribution in [1.82, 2.24) is 0 Å². The molecule has 0 fully saturated rings. The summed E-state index contributed by atoms with van der Waals surface area (Å²) in [6, 6.07) is 12.5. The summed E-state index contributed by atoms with van der Waals surface area (Å²) < 4.78 is 17.0. The van der Waals surface area contributed by atoms with E-state index in [-0.39, 0.29) is 5.43 Å². The van der Waals surface area contributed by atoms with E-state index in [9.17, 15) is 9.90 Å². The third kappa shape index (κ3) is 3.88. The summed E-state index contributed by atoms with van der Waals surface area (Å²) in [5.74, 6) is 1.30. The summed E-state index contributed by atoms with van der Waals surface area (Å²) in [6.07, 6.45) is 3.31. The molecule has 1 heterocycles. The van der Waals surface area contributed by atoms with Crippen LogP contribution in [-0.4, -0.2) is 24.9 Å². The van der Waals surface area contributed by atoms with E-state index in [1.807, 2.05) is 30.3 Å². The Hall–Kier alpha value is -3.05. The molecule has 0 bridgehead atoms. The topological polar surface area (TPSA) is 68.9 Å². The van der Waals surface area contributed by atoms with E-state index in [2.05, 4.69) is 0 Å². The van der Waals surface area contributed by atoms with E-state index < -0.39 is 5.60 Å². The highest BCUT2D eigenvalue weighted by Gasteiger charge is 2.19. The molecule has 5 nitrogen and oxygen atoms in total. The Kier molecular flexibility index (Phi) is 5.06. The number of fused-ring (bicyclic) bond motifs is 1. The zero-order valence-corrected chi connectivity index (χ0v) is 15.8. The first-order chi connectivity index (χ1) is 12.8. The zero-order chi connectivity index (χ0) is 19.6. The van der Waals surface area contributed by atoms with E-state index in [1.165, 1.54) is 20.3 Å². The maximum Gasteiger partial charge on any atom is 0.197 e. The quantitative estimate of drug-likeness (QED) is 0.731. The molecule has 3 rings (SSSR count). The van der Waals surface area contributed by atoms with E-state index in [0.29, 0.717) is 33.8 Å². The van der Waals surface area contributed by atoms with Crippen LogP contribution >= 0.6 is 0 Å². The van der Waals surface area contributed by atoms with Gasteiger partial charge >= 0.3 is 0 Å². The molecule has 0 spiro atoms. The van der Waals surface area contributed by atoms with Gasteiger partial charge in [-0.15, -0.1) is 0 Å². The molecule has 0 radical (unpaired) electrons. The maximum absolute atomic E-state index is 12.9. The van der Waals surface area contributed by atoms with Gasteiger partial charge in [-0.05, 0) is 19.9 Å². The molecule has 0 aliphatic carbocycles. The van der Waals surface area contributed by atoms with Gasteiger partial charge < -0.3 is 19.0 Å². The summed E-state index contributed by atoms with van der Waals surface area (Å²) in [4.78, 5) is 12.9. The van der Waals surface area contributed by atoms with Gasteiger partial charge in [0.2, 0.25) is 0 Å². The van der Waals surface area contributed by atoms with Gasteiger partial charge in [-0.2, -0.15) is 0 Å². The molecule has 1 N–H and O–H groups in total. The van der Waals surface area contributed by atoms with Gasteiger partial charge in [-0.25, -0.2) is 0 Å². The van der Waals surface area contributed by atoms with Gasteiger partial charge in [0.15, 0.2) is 11.0 Å². The summed E-state index contributed by atoms with van der Waals surface area (Å²) in [6.45, 7) is 3.32. The molecule has 0 unspecified atom stereocenters. The van der Waals surface area contributed by atoms with Crippen LogP contribution in [0.5, 0.6) is 11.5 Å². The molecule has 0 aliphatic rings.